The molecule has 0 spiro atoms. The van der Waals surface area contributed by atoms with Gasteiger partial charge in [-0.2, -0.15) is 0 Å². The van der Waals surface area contributed by atoms with Crippen LogP contribution >= 0.6 is 11.3 Å². The van der Waals surface area contributed by atoms with E-state index >= 15 is 0 Å². The van der Waals surface area contributed by atoms with Crippen molar-refractivity contribution in [2.24, 2.45) is 0 Å². The van der Waals surface area contributed by atoms with Crippen LogP contribution in [0.2, 0.25) is 0 Å². The van der Waals surface area contributed by atoms with Crippen molar-refractivity contribution in [3.63, 3.8) is 0 Å². The van der Waals surface area contributed by atoms with Crippen LogP contribution in [-0.4, -0.2) is 19.5 Å². The molecule has 268 valence electrons. The van der Waals surface area contributed by atoms with E-state index in [1.54, 1.807) is 11.3 Å². The summed E-state index contributed by atoms with van der Waals surface area (Å²) >= 11 is 1.73. The van der Waals surface area contributed by atoms with Crippen molar-refractivity contribution in [2.45, 2.75) is 0 Å². The highest BCUT2D eigenvalue weighted by Gasteiger charge is 2.20. The number of benzene rings is 8. The Balaban J connectivity index is 1.10. The van der Waals surface area contributed by atoms with Crippen LogP contribution in [0.3, 0.4) is 0 Å². The van der Waals surface area contributed by atoms with Crippen LogP contribution in [0.1, 0.15) is 0 Å². The number of thiazole rings is 1. The van der Waals surface area contributed by atoms with Crippen LogP contribution < -0.4 is 4.90 Å². The van der Waals surface area contributed by atoms with Gasteiger partial charge in [0.1, 0.15) is 5.01 Å². The van der Waals surface area contributed by atoms with Gasteiger partial charge in [0.2, 0.25) is 5.95 Å². The molecule has 0 aliphatic heterocycles. The molecule has 0 saturated carbocycles. The SMILES string of the molecule is c1ccc(-c2nc3cc4c(cc3s2)c2cc(-c3ccc(N(c5ccccc5)c5ccccc5)cc3)ccc2n4-c2nc(-c3ccccc3)c3ccccc3n2)cc1. The Bertz CT molecular complexity index is 3170. The average molecular weight is 748 g/mol. The maximum atomic E-state index is 5.33. The summed E-state index contributed by atoms with van der Waals surface area (Å²) in [5.74, 6) is 0.629. The third kappa shape index (κ3) is 5.82. The van der Waals surface area contributed by atoms with Gasteiger partial charge in [0, 0.05) is 44.3 Å². The van der Waals surface area contributed by atoms with Gasteiger partial charge in [0.15, 0.2) is 0 Å². The summed E-state index contributed by atoms with van der Waals surface area (Å²) in [4.78, 5) is 18.0. The van der Waals surface area contributed by atoms with Crippen molar-refractivity contribution < 1.29 is 0 Å². The van der Waals surface area contributed by atoms with E-state index in [1.807, 2.05) is 18.2 Å². The standard InChI is InChI=1S/C51H33N5S/c1-5-15-35(16-6-1)49-41-23-13-14-24-44(41)53-51(54-49)56-46-30-27-37(31-42(46)43-32-48-45(33-47(43)56)52-50(57-48)36-17-7-2-8-18-36)34-25-28-40(29-26-34)55(38-19-9-3-10-20-38)39-21-11-4-12-22-39/h1-33H. The molecule has 0 amide bonds. The number of rotatable bonds is 7. The van der Waals surface area contributed by atoms with Crippen LogP contribution in [0.5, 0.6) is 0 Å². The van der Waals surface area contributed by atoms with Crippen LogP contribution in [0, 0.1) is 0 Å². The first kappa shape index (κ1) is 33.0. The fourth-order valence-electron chi connectivity index (χ4n) is 7.92. The first-order chi connectivity index (χ1) is 28.2. The first-order valence-corrected chi connectivity index (χ1v) is 19.8. The summed E-state index contributed by atoms with van der Waals surface area (Å²) in [6, 6.07) is 70.3. The lowest BCUT2D eigenvalue weighted by molar-refractivity contribution is 1.01. The molecule has 0 radical (unpaired) electrons. The monoisotopic (exact) mass is 747 g/mol. The Hall–Kier alpha value is -7.41. The molecule has 11 aromatic rings. The highest BCUT2D eigenvalue weighted by molar-refractivity contribution is 7.21. The van der Waals surface area contributed by atoms with Crippen LogP contribution in [-0.2, 0) is 0 Å². The Morgan fingerprint density at radius 1 is 0.386 bits per heavy atom. The Labute approximate surface area is 333 Å². The van der Waals surface area contributed by atoms with E-state index in [2.05, 4.69) is 191 Å². The highest BCUT2D eigenvalue weighted by atomic mass is 32.1. The largest absolute Gasteiger partial charge is 0.311 e. The topological polar surface area (TPSA) is 46.8 Å². The van der Waals surface area contributed by atoms with E-state index in [4.69, 9.17) is 15.0 Å². The first-order valence-electron chi connectivity index (χ1n) is 19.0. The van der Waals surface area contributed by atoms with Crippen molar-refractivity contribution >= 4 is 71.3 Å². The number of anilines is 3. The predicted molar refractivity (Wildman–Crippen MR) is 238 cm³/mol. The summed E-state index contributed by atoms with van der Waals surface area (Å²) in [5, 5.41) is 4.29. The van der Waals surface area contributed by atoms with Gasteiger partial charge in [-0.1, -0.05) is 133 Å². The maximum absolute atomic E-state index is 5.33. The molecule has 0 atom stereocenters. The van der Waals surface area contributed by atoms with Crippen LogP contribution in [0.4, 0.5) is 17.1 Å². The zero-order valence-electron chi connectivity index (χ0n) is 30.7. The lowest BCUT2D eigenvalue weighted by atomic mass is 10.0. The molecule has 0 fully saturated rings. The molecule has 6 heteroatoms. The molecule has 0 aliphatic rings. The molecule has 5 nitrogen and oxygen atoms in total. The molecule has 57 heavy (non-hydrogen) atoms. The van der Waals surface area contributed by atoms with Crippen molar-refractivity contribution in [1.29, 1.82) is 0 Å². The summed E-state index contributed by atoms with van der Waals surface area (Å²) in [6.45, 7) is 0. The summed E-state index contributed by atoms with van der Waals surface area (Å²) < 4.78 is 3.36. The zero-order chi connectivity index (χ0) is 37.7. The van der Waals surface area contributed by atoms with Gasteiger partial charge in [-0.3, -0.25) is 4.57 Å². The van der Waals surface area contributed by atoms with Gasteiger partial charge >= 0.3 is 0 Å². The smallest absolute Gasteiger partial charge is 0.235 e. The van der Waals surface area contributed by atoms with Gasteiger partial charge in [0.25, 0.3) is 0 Å². The van der Waals surface area contributed by atoms with Crippen molar-refractivity contribution in [1.82, 2.24) is 19.5 Å². The molecular weight excluding hydrogens is 715 g/mol. The van der Waals surface area contributed by atoms with Crippen LogP contribution in [0.25, 0.3) is 81.8 Å². The number of hydrogen-bond donors (Lipinski definition) is 0. The molecule has 3 heterocycles. The Morgan fingerprint density at radius 3 is 1.67 bits per heavy atom. The molecule has 0 N–H and O–H groups in total. The lowest BCUT2D eigenvalue weighted by Gasteiger charge is -2.25. The molecule has 0 aliphatic carbocycles. The van der Waals surface area contributed by atoms with Gasteiger partial charge < -0.3 is 4.90 Å². The minimum Gasteiger partial charge on any atom is -0.311 e. The third-order valence-corrected chi connectivity index (χ3v) is 11.7. The molecule has 3 aromatic heterocycles. The van der Waals surface area contributed by atoms with E-state index in [1.165, 1.54) is 0 Å². The highest BCUT2D eigenvalue weighted by Crippen LogP contribution is 2.41. The summed E-state index contributed by atoms with van der Waals surface area (Å²) in [6.07, 6.45) is 0. The molecule has 11 rings (SSSR count). The van der Waals surface area contributed by atoms with Gasteiger partial charge in [-0.05, 0) is 77.9 Å². The second-order valence-electron chi connectivity index (χ2n) is 14.1. The van der Waals surface area contributed by atoms with E-state index in [9.17, 15) is 0 Å². The number of nitrogens with zero attached hydrogens (tertiary/aromatic N) is 5. The number of fused-ring (bicyclic) bond motifs is 5. The van der Waals surface area contributed by atoms with Crippen molar-refractivity contribution in [2.75, 3.05) is 4.90 Å². The minimum absolute atomic E-state index is 0.629. The maximum Gasteiger partial charge on any atom is 0.235 e. The summed E-state index contributed by atoms with van der Waals surface area (Å²) in [5.41, 5.74) is 12.6. The lowest BCUT2D eigenvalue weighted by Crippen LogP contribution is -2.09. The molecule has 8 aromatic carbocycles. The molecule has 0 saturated heterocycles. The third-order valence-electron chi connectivity index (χ3n) is 10.6. The number of aromatic nitrogens is 4. The molecule has 0 bridgehead atoms. The van der Waals surface area contributed by atoms with E-state index in [0.29, 0.717) is 5.95 Å². The normalized spacial score (nSPS) is 11.5. The quantitative estimate of drug-likeness (QED) is 0.163. The van der Waals surface area contributed by atoms with Gasteiger partial charge in [-0.25, -0.2) is 15.0 Å². The second-order valence-corrected chi connectivity index (χ2v) is 15.1. The van der Waals surface area contributed by atoms with Crippen molar-refractivity contribution in [3.8, 4) is 38.9 Å². The number of para-hydroxylation sites is 3. The van der Waals surface area contributed by atoms with Gasteiger partial charge in [0.05, 0.1) is 32.5 Å². The molecule has 0 unspecified atom stereocenters. The Kier molecular flexibility index (Phi) is 7.93. The van der Waals surface area contributed by atoms with Crippen LogP contribution in [0.15, 0.2) is 200 Å². The zero-order valence-corrected chi connectivity index (χ0v) is 31.5. The summed E-state index contributed by atoms with van der Waals surface area (Å²) in [7, 11) is 0. The van der Waals surface area contributed by atoms with Gasteiger partial charge in [-0.15, -0.1) is 11.3 Å². The fraction of sp³-hybridized carbons (Fsp3) is 0. The van der Waals surface area contributed by atoms with E-state index in [-0.39, 0.29) is 0 Å². The Morgan fingerprint density at radius 2 is 0.965 bits per heavy atom. The van der Waals surface area contributed by atoms with E-state index in [0.717, 1.165) is 92.9 Å². The second kappa shape index (κ2) is 13.7. The minimum atomic E-state index is 0.629. The van der Waals surface area contributed by atoms with Crippen molar-refractivity contribution in [3.05, 3.63) is 200 Å². The van der Waals surface area contributed by atoms with E-state index < -0.39 is 0 Å². The molecular formula is C51H33N5S. The number of hydrogen-bond acceptors (Lipinski definition) is 5. The average Bonchev–Trinajstić information content (AvgIpc) is 3.85. The predicted octanol–water partition coefficient (Wildman–Crippen LogP) is 13.8. The fourth-order valence-corrected chi connectivity index (χ4v) is 8.92.